The van der Waals surface area contributed by atoms with Crippen LogP contribution in [0.1, 0.15) is 25.6 Å². The lowest BCUT2D eigenvalue weighted by molar-refractivity contribution is -0.148. The third kappa shape index (κ3) is 1.88. The molecular formula is C9H13N3O2. The third-order valence-corrected chi connectivity index (χ3v) is 2.25. The Labute approximate surface area is 82.0 Å². The number of carboxylic acid groups (broad SMARTS) is 1. The number of rotatable bonds is 3. The van der Waals surface area contributed by atoms with Crippen LogP contribution in [0.3, 0.4) is 0 Å². The van der Waals surface area contributed by atoms with Crippen molar-refractivity contribution in [3.05, 3.63) is 24.3 Å². The quantitative estimate of drug-likeness (QED) is 0.736. The number of aromatic nitrogens is 2. The van der Waals surface area contributed by atoms with Gasteiger partial charge in [-0.05, 0) is 19.9 Å². The van der Waals surface area contributed by atoms with E-state index in [1.165, 1.54) is 6.33 Å². The molecule has 0 amide bonds. The van der Waals surface area contributed by atoms with Gasteiger partial charge in [0.05, 0.1) is 17.2 Å². The SMILES string of the molecule is CC(C)(C(=O)O)C(N)c1ccncn1. The summed E-state index contributed by atoms with van der Waals surface area (Å²) in [6.07, 6.45) is 2.90. The van der Waals surface area contributed by atoms with Crippen molar-refractivity contribution in [2.75, 3.05) is 0 Å². The van der Waals surface area contributed by atoms with Gasteiger partial charge >= 0.3 is 5.97 Å². The van der Waals surface area contributed by atoms with Crippen LogP contribution < -0.4 is 5.73 Å². The summed E-state index contributed by atoms with van der Waals surface area (Å²) >= 11 is 0. The first-order valence-corrected chi connectivity index (χ1v) is 4.21. The monoisotopic (exact) mass is 195 g/mol. The summed E-state index contributed by atoms with van der Waals surface area (Å²) in [6, 6.07) is 0.984. The molecular weight excluding hydrogens is 182 g/mol. The van der Waals surface area contributed by atoms with Crippen molar-refractivity contribution in [3.8, 4) is 0 Å². The van der Waals surface area contributed by atoms with Crippen molar-refractivity contribution in [3.63, 3.8) is 0 Å². The Morgan fingerprint density at radius 1 is 1.64 bits per heavy atom. The fourth-order valence-electron chi connectivity index (χ4n) is 0.988. The lowest BCUT2D eigenvalue weighted by atomic mass is 9.83. The fourth-order valence-corrected chi connectivity index (χ4v) is 0.988. The maximum atomic E-state index is 10.9. The molecule has 5 heteroatoms. The Balaban J connectivity index is 2.96. The molecule has 0 aliphatic heterocycles. The molecule has 0 spiro atoms. The molecule has 0 fully saturated rings. The number of hydrogen-bond acceptors (Lipinski definition) is 4. The van der Waals surface area contributed by atoms with Crippen molar-refractivity contribution < 1.29 is 9.90 Å². The zero-order valence-electron chi connectivity index (χ0n) is 8.14. The highest BCUT2D eigenvalue weighted by molar-refractivity contribution is 5.74. The number of hydrogen-bond donors (Lipinski definition) is 2. The summed E-state index contributed by atoms with van der Waals surface area (Å²) in [5.74, 6) is -0.941. The maximum absolute atomic E-state index is 10.9. The zero-order valence-corrected chi connectivity index (χ0v) is 8.14. The van der Waals surface area contributed by atoms with Crippen molar-refractivity contribution in [1.82, 2.24) is 9.97 Å². The molecule has 0 aliphatic carbocycles. The van der Waals surface area contributed by atoms with Crippen LogP contribution in [0.25, 0.3) is 0 Å². The molecule has 14 heavy (non-hydrogen) atoms. The van der Waals surface area contributed by atoms with E-state index >= 15 is 0 Å². The summed E-state index contributed by atoms with van der Waals surface area (Å²) in [5, 5.41) is 8.95. The molecule has 1 unspecified atom stereocenters. The second kappa shape index (κ2) is 3.71. The minimum atomic E-state index is -1.03. The number of carboxylic acids is 1. The summed E-state index contributed by atoms with van der Waals surface area (Å²) in [4.78, 5) is 18.6. The van der Waals surface area contributed by atoms with Crippen LogP contribution in [-0.4, -0.2) is 21.0 Å². The lowest BCUT2D eigenvalue weighted by Gasteiger charge is -2.26. The topological polar surface area (TPSA) is 89.1 Å². The molecule has 1 heterocycles. The van der Waals surface area contributed by atoms with Crippen LogP contribution in [0.4, 0.5) is 0 Å². The van der Waals surface area contributed by atoms with Gasteiger partial charge in [-0.25, -0.2) is 9.97 Å². The van der Waals surface area contributed by atoms with Crippen molar-refractivity contribution in [2.24, 2.45) is 11.1 Å². The highest BCUT2D eigenvalue weighted by Crippen LogP contribution is 2.29. The smallest absolute Gasteiger partial charge is 0.311 e. The molecule has 5 nitrogen and oxygen atoms in total. The van der Waals surface area contributed by atoms with Gasteiger partial charge in [-0.1, -0.05) is 0 Å². The Hall–Kier alpha value is -1.49. The standard InChI is InChI=1S/C9H13N3O2/c1-9(2,8(13)14)7(10)6-3-4-11-5-12-6/h3-5,7H,10H2,1-2H3,(H,13,14). The van der Waals surface area contributed by atoms with Crippen molar-refractivity contribution in [1.29, 1.82) is 0 Å². The first-order valence-electron chi connectivity index (χ1n) is 4.21. The zero-order chi connectivity index (χ0) is 10.8. The van der Waals surface area contributed by atoms with Crippen LogP contribution >= 0.6 is 0 Å². The number of nitrogens with two attached hydrogens (primary N) is 1. The fraction of sp³-hybridized carbons (Fsp3) is 0.444. The van der Waals surface area contributed by atoms with E-state index in [0.29, 0.717) is 5.69 Å². The van der Waals surface area contributed by atoms with Gasteiger partial charge in [-0.2, -0.15) is 0 Å². The second-order valence-electron chi connectivity index (χ2n) is 3.64. The molecule has 0 aliphatic rings. The number of carbonyl (C=O) groups is 1. The summed E-state index contributed by atoms with van der Waals surface area (Å²) in [6.45, 7) is 3.14. The van der Waals surface area contributed by atoms with Gasteiger partial charge in [0.1, 0.15) is 6.33 Å². The molecule has 0 saturated heterocycles. The molecule has 3 N–H and O–H groups in total. The van der Waals surface area contributed by atoms with E-state index < -0.39 is 17.4 Å². The summed E-state index contributed by atoms with van der Waals surface area (Å²) in [7, 11) is 0. The predicted molar refractivity (Wildman–Crippen MR) is 50.4 cm³/mol. The van der Waals surface area contributed by atoms with E-state index in [2.05, 4.69) is 9.97 Å². The maximum Gasteiger partial charge on any atom is 0.311 e. The normalized spacial score (nSPS) is 13.6. The molecule has 1 rings (SSSR count). The van der Waals surface area contributed by atoms with E-state index in [-0.39, 0.29) is 0 Å². The number of nitrogens with zero attached hydrogens (tertiary/aromatic N) is 2. The van der Waals surface area contributed by atoms with E-state index in [4.69, 9.17) is 10.8 Å². The van der Waals surface area contributed by atoms with Crippen LogP contribution in [-0.2, 0) is 4.79 Å². The minimum absolute atomic E-state index is 0.535. The van der Waals surface area contributed by atoms with Crippen LogP contribution in [0, 0.1) is 5.41 Å². The number of aliphatic carboxylic acids is 1. The van der Waals surface area contributed by atoms with E-state index in [1.807, 2.05) is 0 Å². The van der Waals surface area contributed by atoms with Gasteiger partial charge < -0.3 is 10.8 Å². The van der Waals surface area contributed by atoms with E-state index in [0.717, 1.165) is 0 Å². The van der Waals surface area contributed by atoms with Crippen molar-refractivity contribution >= 4 is 5.97 Å². The third-order valence-electron chi connectivity index (χ3n) is 2.25. The molecule has 0 saturated carbocycles. The highest BCUT2D eigenvalue weighted by Gasteiger charge is 2.36. The average Bonchev–Trinajstić information content (AvgIpc) is 2.17. The van der Waals surface area contributed by atoms with Crippen LogP contribution in [0.5, 0.6) is 0 Å². The van der Waals surface area contributed by atoms with Gasteiger partial charge in [-0.3, -0.25) is 4.79 Å². The Kier molecular flexibility index (Phi) is 2.81. The molecule has 0 aromatic carbocycles. The molecule has 0 bridgehead atoms. The van der Waals surface area contributed by atoms with E-state index in [1.54, 1.807) is 26.1 Å². The minimum Gasteiger partial charge on any atom is -0.481 e. The largest absolute Gasteiger partial charge is 0.481 e. The molecule has 1 aromatic rings. The van der Waals surface area contributed by atoms with E-state index in [9.17, 15) is 4.79 Å². The Morgan fingerprint density at radius 2 is 2.29 bits per heavy atom. The molecule has 1 aromatic heterocycles. The predicted octanol–water partition coefficient (Wildman–Crippen LogP) is 0.587. The first-order chi connectivity index (χ1) is 6.46. The van der Waals surface area contributed by atoms with Gasteiger partial charge in [-0.15, -0.1) is 0 Å². The molecule has 0 radical (unpaired) electrons. The van der Waals surface area contributed by atoms with Gasteiger partial charge in [0.2, 0.25) is 0 Å². The summed E-state index contributed by atoms with van der Waals surface area (Å²) in [5.41, 5.74) is 5.30. The first kappa shape index (κ1) is 10.6. The second-order valence-corrected chi connectivity index (χ2v) is 3.64. The van der Waals surface area contributed by atoms with Crippen LogP contribution in [0.2, 0.25) is 0 Å². The molecule has 1 atom stereocenters. The van der Waals surface area contributed by atoms with Crippen molar-refractivity contribution in [2.45, 2.75) is 19.9 Å². The summed E-state index contributed by atoms with van der Waals surface area (Å²) < 4.78 is 0. The Bertz CT molecular complexity index is 324. The average molecular weight is 195 g/mol. The van der Waals surface area contributed by atoms with Gasteiger partial charge in [0.15, 0.2) is 0 Å². The van der Waals surface area contributed by atoms with Crippen LogP contribution in [0.15, 0.2) is 18.6 Å². The highest BCUT2D eigenvalue weighted by atomic mass is 16.4. The lowest BCUT2D eigenvalue weighted by Crippen LogP contribution is -2.36. The Morgan fingerprint density at radius 3 is 2.71 bits per heavy atom. The molecule has 76 valence electrons. The van der Waals surface area contributed by atoms with Gasteiger partial charge in [0.25, 0.3) is 0 Å². The van der Waals surface area contributed by atoms with Gasteiger partial charge in [0, 0.05) is 6.20 Å².